The Morgan fingerprint density at radius 1 is 1.29 bits per heavy atom. The zero-order chi connectivity index (χ0) is 16.6. The number of nitrogens with two attached hydrogens (primary N) is 2. The molecule has 0 fully saturated rings. The molecule has 0 bridgehead atoms. The van der Waals surface area contributed by atoms with Crippen LogP contribution in [0.25, 0.3) is 0 Å². The average molecular weight is 296 g/mol. The van der Waals surface area contributed by atoms with E-state index >= 15 is 0 Å². The first-order chi connectivity index (χ1) is 9.68. The molecule has 0 heterocycles. The van der Waals surface area contributed by atoms with E-state index in [4.69, 9.17) is 21.5 Å². The van der Waals surface area contributed by atoms with Crippen molar-refractivity contribution < 1.29 is 19.1 Å². The van der Waals surface area contributed by atoms with E-state index in [-0.39, 0.29) is 17.2 Å². The number of hydrogen-bond donors (Lipinski definition) is 3. The van der Waals surface area contributed by atoms with E-state index in [2.05, 4.69) is 5.32 Å². The number of allylic oxidation sites excluding steroid dienone is 1. The van der Waals surface area contributed by atoms with Crippen molar-refractivity contribution in [2.75, 3.05) is 6.61 Å². The smallest absolute Gasteiger partial charge is 0.329 e. The molecule has 0 rings (SSSR count). The molecule has 0 aliphatic heterocycles. The van der Waals surface area contributed by atoms with Crippen LogP contribution in [0, 0.1) is 17.2 Å². The zero-order valence-corrected chi connectivity index (χ0v) is 12.3. The van der Waals surface area contributed by atoms with Gasteiger partial charge >= 0.3 is 12.0 Å². The second kappa shape index (κ2) is 8.58. The maximum atomic E-state index is 11.8. The van der Waals surface area contributed by atoms with Gasteiger partial charge in [-0.2, -0.15) is 5.26 Å². The van der Waals surface area contributed by atoms with Crippen LogP contribution in [-0.2, 0) is 14.3 Å². The van der Waals surface area contributed by atoms with Gasteiger partial charge in [-0.3, -0.25) is 4.79 Å². The Labute approximate surface area is 123 Å². The lowest BCUT2D eigenvalue weighted by Crippen LogP contribution is -2.45. The first-order valence-electron chi connectivity index (χ1n) is 6.31. The molecule has 1 unspecified atom stereocenters. The summed E-state index contributed by atoms with van der Waals surface area (Å²) < 4.78 is 4.80. The highest BCUT2D eigenvalue weighted by Gasteiger charge is 2.24. The summed E-state index contributed by atoms with van der Waals surface area (Å²) in [5.74, 6) is -1.39. The number of urea groups is 1. The molecule has 21 heavy (non-hydrogen) atoms. The highest BCUT2D eigenvalue weighted by atomic mass is 16.5. The molecule has 0 aromatic carbocycles. The molecule has 0 aliphatic rings. The summed E-state index contributed by atoms with van der Waals surface area (Å²) in [7, 11) is 0. The molecule has 0 aromatic heterocycles. The minimum atomic E-state index is -0.941. The number of carbonyl (C=O) groups excluding carboxylic acids is 3. The third-order valence-electron chi connectivity index (χ3n) is 2.44. The van der Waals surface area contributed by atoms with Crippen LogP contribution in [0.15, 0.2) is 11.3 Å². The molecule has 0 radical (unpaired) electrons. The van der Waals surface area contributed by atoms with Crippen LogP contribution in [0.1, 0.15) is 27.2 Å². The number of rotatable bonds is 7. The summed E-state index contributed by atoms with van der Waals surface area (Å²) in [4.78, 5) is 34.3. The number of ether oxygens (including phenoxy) is 1. The van der Waals surface area contributed by atoms with Crippen molar-refractivity contribution in [3.8, 4) is 6.07 Å². The number of primary amides is 1. The van der Waals surface area contributed by atoms with Gasteiger partial charge in [0.15, 0.2) is 6.61 Å². The molecule has 116 valence electrons. The Balaban J connectivity index is 4.71. The predicted octanol–water partition coefficient (Wildman–Crippen LogP) is -0.0620. The second-order valence-corrected chi connectivity index (χ2v) is 4.89. The lowest BCUT2D eigenvalue weighted by Gasteiger charge is -2.17. The van der Waals surface area contributed by atoms with Crippen molar-refractivity contribution in [2.45, 2.75) is 33.2 Å². The van der Waals surface area contributed by atoms with E-state index < -0.39 is 30.4 Å². The van der Waals surface area contributed by atoms with E-state index in [0.29, 0.717) is 6.42 Å². The van der Waals surface area contributed by atoms with Crippen molar-refractivity contribution in [1.29, 1.82) is 5.26 Å². The lowest BCUT2D eigenvalue weighted by molar-refractivity contribution is -0.149. The van der Waals surface area contributed by atoms with Gasteiger partial charge in [-0.1, -0.05) is 13.8 Å². The van der Waals surface area contributed by atoms with Crippen LogP contribution in [0.3, 0.4) is 0 Å². The predicted molar refractivity (Wildman–Crippen MR) is 74.4 cm³/mol. The van der Waals surface area contributed by atoms with E-state index in [1.807, 2.05) is 13.8 Å². The second-order valence-electron chi connectivity index (χ2n) is 4.89. The number of Topliss-reactive ketones (excluding diaryl/α,β-unsaturated/α-hetero) is 1. The minimum absolute atomic E-state index is 0.0486. The lowest BCUT2D eigenvalue weighted by atomic mass is 10.0. The summed E-state index contributed by atoms with van der Waals surface area (Å²) >= 11 is 0. The average Bonchev–Trinajstić information content (AvgIpc) is 2.34. The van der Waals surface area contributed by atoms with Gasteiger partial charge in [0.2, 0.25) is 5.78 Å². The summed E-state index contributed by atoms with van der Waals surface area (Å²) in [6.07, 6.45) is 0.312. The van der Waals surface area contributed by atoms with E-state index in [9.17, 15) is 14.4 Å². The molecule has 0 aromatic rings. The van der Waals surface area contributed by atoms with Crippen LogP contribution >= 0.6 is 0 Å². The summed E-state index contributed by atoms with van der Waals surface area (Å²) in [6.45, 7) is 4.48. The Hall–Kier alpha value is -2.56. The minimum Gasteiger partial charge on any atom is -0.456 e. The van der Waals surface area contributed by atoms with Gasteiger partial charge in [-0.25, -0.2) is 9.59 Å². The molecule has 1 atom stereocenters. The molecular formula is C13H20N4O4. The molecular weight excluding hydrogens is 276 g/mol. The largest absolute Gasteiger partial charge is 0.456 e. The Bertz CT molecular complexity index is 487. The molecule has 0 saturated heterocycles. The Morgan fingerprint density at radius 2 is 1.86 bits per heavy atom. The van der Waals surface area contributed by atoms with Crippen LogP contribution in [0.5, 0.6) is 0 Å². The number of nitrogens with one attached hydrogen (secondary N) is 1. The van der Waals surface area contributed by atoms with E-state index in [0.717, 1.165) is 0 Å². The van der Waals surface area contributed by atoms with Crippen molar-refractivity contribution in [1.82, 2.24) is 5.32 Å². The molecule has 2 amide bonds. The van der Waals surface area contributed by atoms with Crippen molar-refractivity contribution in [3.05, 3.63) is 11.3 Å². The van der Waals surface area contributed by atoms with Gasteiger partial charge in [-0.05, 0) is 19.3 Å². The summed E-state index contributed by atoms with van der Waals surface area (Å²) in [5.41, 5.74) is 10.1. The number of esters is 1. The number of amides is 2. The van der Waals surface area contributed by atoms with Gasteiger partial charge in [0.05, 0.1) is 0 Å². The van der Waals surface area contributed by atoms with Crippen LogP contribution in [0.4, 0.5) is 4.79 Å². The van der Waals surface area contributed by atoms with Gasteiger partial charge in [0.1, 0.15) is 17.7 Å². The topological polar surface area (TPSA) is 148 Å². The van der Waals surface area contributed by atoms with Crippen molar-refractivity contribution in [3.63, 3.8) is 0 Å². The maximum Gasteiger partial charge on any atom is 0.329 e. The first-order valence-corrected chi connectivity index (χ1v) is 6.31. The van der Waals surface area contributed by atoms with Crippen molar-refractivity contribution >= 4 is 17.8 Å². The third kappa shape index (κ3) is 6.96. The molecule has 0 spiro atoms. The Morgan fingerprint density at radius 3 is 2.24 bits per heavy atom. The van der Waals surface area contributed by atoms with Gasteiger partial charge < -0.3 is 21.5 Å². The normalized spacial score (nSPS) is 12.9. The van der Waals surface area contributed by atoms with Crippen LogP contribution in [0.2, 0.25) is 0 Å². The quantitative estimate of drug-likeness (QED) is 0.340. The molecule has 0 aliphatic carbocycles. The number of carbonyl (C=O) groups is 3. The monoisotopic (exact) mass is 296 g/mol. The van der Waals surface area contributed by atoms with Gasteiger partial charge in [-0.15, -0.1) is 0 Å². The van der Waals surface area contributed by atoms with Gasteiger partial charge in [0, 0.05) is 5.70 Å². The fraction of sp³-hybridized carbons (Fsp3) is 0.538. The molecule has 0 saturated carbocycles. The zero-order valence-electron chi connectivity index (χ0n) is 12.3. The first kappa shape index (κ1) is 18.4. The Kier molecular flexibility index (Phi) is 7.53. The third-order valence-corrected chi connectivity index (χ3v) is 2.44. The molecule has 5 N–H and O–H groups in total. The number of nitriles is 1. The highest BCUT2D eigenvalue weighted by molar-refractivity contribution is 6.01. The maximum absolute atomic E-state index is 11.8. The highest BCUT2D eigenvalue weighted by Crippen LogP contribution is 2.07. The van der Waals surface area contributed by atoms with E-state index in [1.54, 1.807) is 6.07 Å². The van der Waals surface area contributed by atoms with Crippen LogP contribution in [-0.4, -0.2) is 30.4 Å². The number of nitrogens with zero attached hydrogens (tertiary/aromatic N) is 1. The SMILES string of the molecule is C/C(N)=C(/C#N)C(=O)COC(=O)C(CC(C)C)NC(N)=O. The summed E-state index contributed by atoms with van der Waals surface area (Å²) in [5, 5.41) is 11.0. The van der Waals surface area contributed by atoms with Crippen LogP contribution < -0.4 is 16.8 Å². The summed E-state index contributed by atoms with van der Waals surface area (Å²) in [6, 6.07) is -0.160. The van der Waals surface area contributed by atoms with Gasteiger partial charge in [0.25, 0.3) is 0 Å². The van der Waals surface area contributed by atoms with Crippen molar-refractivity contribution in [2.24, 2.45) is 17.4 Å². The number of ketones is 1. The standard InChI is InChI=1S/C13H20N4O4/c1-7(2)4-10(17-13(16)20)12(19)21-6-11(18)9(5-14)8(3)15/h7,10H,4,6,15H2,1-3H3,(H3,16,17,20)/b9-8+. The fourth-order valence-electron chi connectivity index (χ4n) is 1.54. The van der Waals surface area contributed by atoms with E-state index in [1.165, 1.54) is 6.92 Å². The molecule has 8 nitrogen and oxygen atoms in total. The fourth-order valence-corrected chi connectivity index (χ4v) is 1.54. The molecule has 8 heteroatoms. The number of hydrogen-bond acceptors (Lipinski definition) is 6.